The third kappa shape index (κ3) is 49.8. The maximum absolute atomic E-state index is 12.5. The van der Waals surface area contributed by atoms with E-state index in [1.807, 2.05) is 6.08 Å². The number of unbranched alkanes of at least 4 members (excludes halogenated alkanes) is 40. The number of esters is 1. The van der Waals surface area contributed by atoms with E-state index in [0.717, 1.165) is 44.9 Å². The quantitative estimate of drug-likeness (QED) is 0.0321. The van der Waals surface area contributed by atoms with E-state index >= 15 is 0 Å². The summed E-state index contributed by atoms with van der Waals surface area (Å²) < 4.78 is 5.47. The Balaban J connectivity index is 3.46. The molecule has 0 aromatic carbocycles. The van der Waals surface area contributed by atoms with E-state index in [9.17, 15) is 19.8 Å². The Morgan fingerprint density at radius 2 is 0.734 bits per heavy atom. The minimum absolute atomic E-state index is 0.00619. The first-order valence-corrected chi connectivity index (χ1v) is 28.6. The van der Waals surface area contributed by atoms with Gasteiger partial charge in [-0.3, -0.25) is 9.59 Å². The molecule has 0 saturated carbocycles. The number of nitrogens with one attached hydrogen (secondary N) is 1. The molecule has 0 saturated heterocycles. The van der Waals surface area contributed by atoms with Crippen LogP contribution in [0, 0.1) is 0 Å². The van der Waals surface area contributed by atoms with Gasteiger partial charge in [-0.2, -0.15) is 0 Å². The van der Waals surface area contributed by atoms with Crippen molar-refractivity contribution in [3.05, 3.63) is 24.3 Å². The smallest absolute Gasteiger partial charge is 0.305 e. The normalized spacial score (nSPS) is 12.8. The minimum atomic E-state index is -0.849. The number of aliphatic hydroxyl groups is 2. The van der Waals surface area contributed by atoms with Gasteiger partial charge in [-0.15, -0.1) is 0 Å². The fraction of sp³-hybridized carbons (Fsp3) is 0.897. The number of rotatable bonds is 53. The fourth-order valence-electron chi connectivity index (χ4n) is 8.81. The highest BCUT2D eigenvalue weighted by molar-refractivity contribution is 5.76. The van der Waals surface area contributed by atoms with Crippen LogP contribution >= 0.6 is 0 Å². The van der Waals surface area contributed by atoms with Gasteiger partial charge in [0.25, 0.3) is 0 Å². The molecule has 0 bridgehead atoms. The lowest BCUT2D eigenvalue weighted by Crippen LogP contribution is -2.45. The van der Waals surface area contributed by atoms with Gasteiger partial charge >= 0.3 is 5.97 Å². The summed E-state index contributed by atoms with van der Waals surface area (Å²) in [4.78, 5) is 24.5. The van der Waals surface area contributed by atoms with Crippen molar-refractivity contribution in [2.45, 2.75) is 321 Å². The van der Waals surface area contributed by atoms with Crippen LogP contribution in [0.1, 0.15) is 309 Å². The van der Waals surface area contributed by atoms with Gasteiger partial charge < -0.3 is 20.3 Å². The molecule has 0 fully saturated rings. The van der Waals surface area contributed by atoms with Crippen LogP contribution in [0.2, 0.25) is 0 Å². The Labute approximate surface area is 399 Å². The molecule has 1 amide bonds. The Morgan fingerprint density at radius 1 is 0.422 bits per heavy atom. The predicted octanol–water partition coefficient (Wildman–Crippen LogP) is 17.5. The van der Waals surface area contributed by atoms with Crippen molar-refractivity contribution in [1.82, 2.24) is 5.32 Å². The van der Waals surface area contributed by atoms with Crippen LogP contribution in [0.3, 0.4) is 0 Å². The van der Waals surface area contributed by atoms with E-state index in [0.29, 0.717) is 19.4 Å². The van der Waals surface area contributed by atoms with Gasteiger partial charge in [0.15, 0.2) is 0 Å². The summed E-state index contributed by atoms with van der Waals surface area (Å²) in [5, 5.41) is 23.1. The average molecular weight is 903 g/mol. The number of hydrogen-bond donors (Lipinski definition) is 3. The fourth-order valence-corrected chi connectivity index (χ4v) is 8.81. The highest BCUT2D eigenvalue weighted by Gasteiger charge is 2.18. The number of amides is 1. The summed E-state index contributed by atoms with van der Waals surface area (Å²) in [6.45, 7) is 4.89. The first kappa shape index (κ1) is 62.3. The van der Waals surface area contributed by atoms with E-state index in [1.54, 1.807) is 6.08 Å². The maximum atomic E-state index is 12.5. The molecule has 0 aromatic heterocycles. The number of carbonyl (C=O) groups excluding carboxylic acids is 2. The Hall–Kier alpha value is -1.66. The number of carbonyl (C=O) groups is 2. The Bertz CT molecular complexity index is 997. The van der Waals surface area contributed by atoms with E-state index in [-0.39, 0.29) is 18.5 Å². The summed E-state index contributed by atoms with van der Waals surface area (Å²) >= 11 is 0. The van der Waals surface area contributed by atoms with Crippen molar-refractivity contribution in [2.24, 2.45) is 0 Å². The van der Waals surface area contributed by atoms with Crippen LogP contribution in [-0.2, 0) is 14.3 Å². The largest absolute Gasteiger partial charge is 0.466 e. The molecule has 0 spiro atoms. The number of hydrogen-bond acceptors (Lipinski definition) is 5. The zero-order valence-electron chi connectivity index (χ0n) is 43.0. The molecule has 378 valence electrons. The second-order valence-electron chi connectivity index (χ2n) is 19.6. The first-order valence-electron chi connectivity index (χ1n) is 28.6. The van der Waals surface area contributed by atoms with E-state index in [4.69, 9.17) is 4.74 Å². The zero-order valence-corrected chi connectivity index (χ0v) is 43.0. The van der Waals surface area contributed by atoms with Crippen molar-refractivity contribution in [3.8, 4) is 0 Å². The third-order valence-corrected chi connectivity index (χ3v) is 13.2. The predicted molar refractivity (Wildman–Crippen MR) is 278 cm³/mol. The molecule has 6 nitrogen and oxygen atoms in total. The number of allylic oxidation sites excluding steroid dienone is 3. The highest BCUT2D eigenvalue weighted by Crippen LogP contribution is 2.17. The summed E-state index contributed by atoms with van der Waals surface area (Å²) in [6, 6.07) is -0.633. The monoisotopic (exact) mass is 902 g/mol. The Morgan fingerprint density at radius 3 is 1.11 bits per heavy atom. The molecule has 0 aromatic rings. The van der Waals surface area contributed by atoms with Crippen molar-refractivity contribution < 1.29 is 24.5 Å². The Kier molecular flexibility index (Phi) is 52.6. The summed E-state index contributed by atoms with van der Waals surface area (Å²) in [5.74, 6) is -0.0795. The van der Waals surface area contributed by atoms with E-state index in [1.165, 1.54) is 238 Å². The lowest BCUT2D eigenvalue weighted by atomic mass is 10.0. The SMILES string of the molecule is CCCCCCC/C=C\CCCCCCCC(=O)OCCCCCCCCCCCCCCCCCCC(=O)NC(CO)C(O)/C=C/CCCCCCCCCCCCCCCCC. The lowest BCUT2D eigenvalue weighted by molar-refractivity contribution is -0.143. The van der Waals surface area contributed by atoms with Crippen molar-refractivity contribution in [2.75, 3.05) is 13.2 Å². The molecule has 3 N–H and O–H groups in total. The molecule has 2 atom stereocenters. The number of ether oxygens (including phenoxy) is 1. The highest BCUT2D eigenvalue weighted by atomic mass is 16.5. The molecule has 0 heterocycles. The van der Waals surface area contributed by atoms with Crippen LogP contribution < -0.4 is 5.32 Å². The van der Waals surface area contributed by atoms with Gasteiger partial charge in [-0.25, -0.2) is 0 Å². The maximum Gasteiger partial charge on any atom is 0.305 e. The van der Waals surface area contributed by atoms with Gasteiger partial charge in [-0.1, -0.05) is 263 Å². The van der Waals surface area contributed by atoms with Crippen LogP contribution in [0.25, 0.3) is 0 Å². The molecule has 0 rings (SSSR count). The van der Waals surface area contributed by atoms with E-state index in [2.05, 4.69) is 31.3 Å². The van der Waals surface area contributed by atoms with Gasteiger partial charge in [0.2, 0.25) is 5.91 Å². The minimum Gasteiger partial charge on any atom is -0.466 e. The lowest BCUT2D eigenvalue weighted by Gasteiger charge is -2.20. The molecule has 2 unspecified atom stereocenters. The summed E-state index contributed by atoms with van der Waals surface area (Å²) in [7, 11) is 0. The molecule has 0 aliphatic carbocycles. The zero-order chi connectivity index (χ0) is 46.5. The van der Waals surface area contributed by atoms with Crippen molar-refractivity contribution in [1.29, 1.82) is 0 Å². The van der Waals surface area contributed by atoms with Crippen LogP contribution in [0.4, 0.5) is 0 Å². The molecular weight excluding hydrogens is 791 g/mol. The second kappa shape index (κ2) is 54.0. The van der Waals surface area contributed by atoms with Crippen LogP contribution in [0.5, 0.6) is 0 Å². The summed E-state index contributed by atoms with van der Waals surface area (Å²) in [5.41, 5.74) is 0. The number of aliphatic hydroxyl groups excluding tert-OH is 2. The van der Waals surface area contributed by atoms with Crippen molar-refractivity contribution >= 4 is 11.9 Å². The molecular formula is C58H111NO5. The van der Waals surface area contributed by atoms with Gasteiger partial charge in [0.05, 0.1) is 25.4 Å². The third-order valence-electron chi connectivity index (χ3n) is 13.2. The first-order chi connectivity index (χ1) is 31.5. The molecule has 64 heavy (non-hydrogen) atoms. The second-order valence-corrected chi connectivity index (χ2v) is 19.6. The van der Waals surface area contributed by atoms with Crippen LogP contribution in [-0.4, -0.2) is 47.4 Å². The van der Waals surface area contributed by atoms with E-state index < -0.39 is 12.1 Å². The average Bonchev–Trinajstić information content (AvgIpc) is 3.29. The molecule has 0 aliphatic rings. The van der Waals surface area contributed by atoms with Crippen LogP contribution in [0.15, 0.2) is 24.3 Å². The van der Waals surface area contributed by atoms with Gasteiger partial charge in [-0.05, 0) is 57.8 Å². The topological polar surface area (TPSA) is 95.9 Å². The van der Waals surface area contributed by atoms with Crippen molar-refractivity contribution in [3.63, 3.8) is 0 Å². The van der Waals surface area contributed by atoms with Gasteiger partial charge in [0, 0.05) is 12.8 Å². The van der Waals surface area contributed by atoms with Gasteiger partial charge in [0.1, 0.15) is 0 Å². The molecule has 6 heteroatoms. The summed E-state index contributed by atoms with van der Waals surface area (Å²) in [6.07, 6.45) is 64.7. The standard InChI is InChI=1S/C58H111NO5/c1-3-5-7-9-11-13-15-17-19-20-23-26-30-34-38-42-46-50-56(61)55(54-60)59-57(62)51-47-43-39-35-31-27-24-21-22-25-29-33-37-41-45-49-53-64-58(63)52-48-44-40-36-32-28-18-16-14-12-10-8-6-4-2/h16,18,46,50,55-56,60-61H,3-15,17,19-45,47-49,51-54H2,1-2H3,(H,59,62)/b18-16-,50-46+. The molecule has 0 aliphatic heterocycles. The molecule has 0 radical (unpaired) electrons.